The molecular formula is C15H21N3O3Si. The number of non-ortho nitro benzene ring substituents is 1. The molecule has 0 spiro atoms. The molecule has 2 rings (SSSR count). The number of hydrogen-bond donors (Lipinski definition) is 0. The van der Waals surface area contributed by atoms with E-state index in [0.717, 1.165) is 11.4 Å². The molecule has 0 N–H and O–H groups in total. The van der Waals surface area contributed by atoms with E-state index in [-0.39, 0.29) is 12.4 Å². The van der Waals surface area contributed by atoms with Crippen LogP contribution >= 0.6 is 0 Å². The van der Waals surface area contributed by atoms with Crippen LogP contribution in [0.25, 0.3) is 17.0 Å². The third kappa shape index (κ3) is 3.80. The second-order valence-corrected chi connectivity index (χ2v) is 12.0. The second-order valence-electron chi connectivity index (χ2n) is 6.40. The van der Waals surface area contributed by atoms with Gasteiger partial charge in [0.1, 0.15) is 6.73 Å². The molecule has 0 aliphatic carbocycles. The summed E-state index contributed by atoms with van der Waals surface area (Å²) in [4.78, 5) is 10.5. The first-order chi connectivity index (χ1) is 10.3. The van der Waals surface area contributed by atoms with Crippen molar-refractivity contribution < 1.29 is 9.66 Å². The number of hydrogen-bond acceptors (Lipinski definition) is 4. The minimum absolute atomic E-state index is 0.0476. The van der Waals surface area contributed by atoms with Gasteiger partial charge in [0.05, 0.1) is 16.1 Å². The lowest BCUT2D eigenvalue weighted by atomic mass is 10.2. The van der Waals surface area contributed by atoms with Crippen molar-refractivity contribution in [2.75, 3.05) is 6.61 Å². The summed E-state index contributed by atoms with van der Waals surface area (Å²) in [6.45, 7) is 11.6. The van der Waals surface area contributed by atoms with Crippen LogP contribution < -0.4 is 0 Å². The summed E-state index contributed by atoms with van der Waals surface area (Å²) < 4.78 is 7.35. The molecule has 0 fully saturated rings. The molecule has 0 unspecified atom stereocenters. The van der Waals surface area contributed by atoms with E-state index >= 15 is 0 Å². The molecule has 1 aromatic carbocycles. The molecule has 1 heterocycles. The van der Waals surface area contributed by atoms with Crippen LogP contribution in [0.3, 0.4) is 0 Å². The minimum Gasteiger partial charge on any atom is -0.360 e. The maximum Gasteiger partial charge on any atom is 0.271 e. The van der Waals surface area contributed by atoms with Gasteiger partial charge in [-0.25, -0.2) is 4.68 Å². The molecule has 1 aromatic heterocycles. The van der Waals surface area contributed by atoms with Crippen LogP contribution in [0.5, 0.6) is 0 Å². The Labute approximate surface area is 130 Å². The van der Waals surface area contributed by atoms with Crippen LogP contribution in [0.4, 0.5) is 5.69 Å². The number of rotatable bonds is 7. The molecule has 0 atom stereocenters. The van der Waals surface area contributed by atoms with Crippen LogP contribution in [0.2, 0.25) is 25.7 Å². The number of nitrogens with zero attached hydrogens (tertiary/aromatic N) is 3. The van der Waals surface area contributed by atoms with Gasteiger partial charge in [0.25, 0.3) is 5.69 Å². The van der Waals surface area contributed by atoms with E-state index in [2.05, 4.69) is 31.3 Å². The number of benzene rings is 1. The van der Waals surface area contributed by atoms with Crippen LogP contribution in [0, 0.1) is 10.1 Å². The highest BCUT2D eigenvalue weighted by Crippen LogP contribution is 2.24. The first-order valence-electron chi connectivity index (χ1n) is 7.17. The summed E-state index contributed by atoms with van der Waals surface area (Å²) in [5.74, 6) is 0. The minimum atomic E-state index is -1.13. The van der Waals surface area contributed by atoms with Gasteiger partial charge in [0.2, 0.25) is 0 Å². The first-order valence-corrected chi connectivity index (χ1v) is 10.9. The van der Waals surface area contributed by atoms with Gasteiger partial charge in [-0.15, -0.1) is 0 Å². The molecule has 22 heavy (non-hydrogen) atoms. The largest absolute Gasteiger partial charge is 0.360 e. The van der Waals surface area contributed by atoms with Crippen molar-refractivity contribution in [3.05, 3.63) is 40.6 Å². The lowest BCUT2D eigenvalue weighted by Crippen LogP contribution is -2.22. The van der Waals surface area contributed by atoms with Crippen molar-refractivity contribution in [2.45, 2.75) is 32.4 Å². The predicted octanol–water partition coefficient (Wildman–Crippen LogP) is 3.90. The fourth-order valence-corrected chi connectivity index (χ4v) is 2.84. The van der Waals surface area contributed by atoms with Gasteiger partial charge >= 0.3 is 0 Å². The highest BCUT2D eigenvalue weighted by Gasteiger charge is 2.15. The average molecular weight is 319 g/mol. The summed E-state index contributed by atoms with van der Waals surface area (Å²) in [5.41, 5.74) is 1.45. The van der Waals surface area contributed by atoms with Crippen molar-refractivity contribution in [1.29, 1.82) is 0 Å². The Morgan fingerprint density at radius 3 is 2.77 bits per heavy atom. The van der Waals surface area contributed by atoms with Gasteiger partial charge in [0.15, 0.2) is 0 Å². The van der Waals surface area contributed by atoms with E-state index in [1.165, 1.54) is 12.1 Å². The predicted molar refractivity (Wildman–Crippen MR) is 90.6 cm³/mol. The normalized spacial score (nSPS) is 11.8. The third-order valence-electron chi connectivity index (χ3n) is 3.38. The molecule has 0 radical (unpaired) electrons. The number of ether oxygens (including phenoxy) is 1. The third-order valence-corrected chi connectivity index (χ3v) is 5.08. The second kappa shape index (κ2) is 6.41. The Morgan fingerprint density at radius 1 is 1.45 bits per heavy atom. The number of nitro groups is 1. The van der Waals surface area contributed by atoms with E-state index < -0.39 is 13.0 Å². The van der Waals surface area contributed by atoms with Crippen LogP contribution in [0.15, 0.2) is 24.8 Å². The Bertz CT molecular complexity index is 704. The molecule has 0 aliphatic rings. The highest BCUT2D eigenvalue weighted by molar-refractivity contribution is 6.76. The van der Waals surface area contributed by atoms with Crippen molar-refractivity contribution in [3.8, 4) is 0 Å². The molecule has 2 aromatic rings. The zero-order valence-electron chi connectivity index (χ0n) is 13.2. The fourth-order valence-electron chi connectivity index (χ4n) is 2.08. The van der Waals surface area contributed by atoms with E-state index in [0.29, 0.717) is 17.8 Å². The summed E-state index contributed by atoms with van der Waals surface area (Å²) >= 11 is 0. The van der Waals surface area contributed by atoms with Crippen LogP contribution in [-0.2, 0) is 11.5 Å². The van der Waals surface area contributed by atoms with Crippen molar-refractivity contribution in [3.63, 3.8) is 0 Å². The van der Waals surface area contributed by atoms with Crippen LogP contribution in [0.1, 0.15) is 5.69 Å². The summed E-state index contributed by atoms with van der Waals surface area (Å²) in [5, 5.41) is 16.2. The molecule has 0 amide bonds. The zero-order valence-corrected chi connectivity index (χ0v) is 14.2. The Balaban J connectivity index is 2.22. The summed E-state index contributed by atoms with van der Waals surface area (Å²) in [6.07, 6.45) is 1.65. The van der Waals surface area contributed by atoms with Gasteiger partial charge in [-0.05, 0) is 18.2 Å². The van der Waals surface area contributed by atoms with Gasteiger partial charge in [-0.3, -0.25) is 10.1 Å². The molecule has 6 nitrogen and oxygen atoms in total. The van der Waals surface area contributed by atoms with E-state index in [9.17, 15) is 10.1 Å². The van der Waals surface area contributed by atoms with Crippen molar-refractivity contribution in [2.24, 2.45) is 0 Å². The first kappa shape index (κ1) is 16.4. The molecule has 118 valence electrons. The molecule has 7 heteroatoms. The highest BCUT2D eigenvalue weighted by atomic mass is 28.3. The van der Waals surface area contributed by atoms with Gasteiger partial charge in [-0.1, -0.05) is 26.2 Å². The fraction of sp³-hybridized carbons (Fsp3) is 0.400. The molecule has 0 aliphatic heterocycles. The lowest BCUT2D eigenvalue weighted by Gasteiger charge is -2.15. The SMILES string of the molecule is C=Cc1nn(COCC[Si](C)(C)C)c2cc([N+](=O)[O-])ccc12. The summed E-state index contributed by atoms with van der Waals surface area (Å²) in [6, 6.07) is 5.78. The average Bonchev–Trinajstić information content (AvgIpc) is 2.80. The summed E-state index contributed by atoms with van der Waals surface area (Å²) in [7, 11) is -1.13. The topological polar surface area (TPSA) is 70.2 Å². The maximum atomic E-state index is 10.9. The number of aromatic nitrogens is 2. The standard InChI is InChI=1S/C15H21N3O3Si/c1-5-14-13-7-6-12(18(19)20)10-15(13)17(16-14)11-21-8-9-22(2,3)4/h5-7,10H,1,8-9,11H2,2-4H3. The van der Waals surface area contributed by atoms with Gasteiger partial charge < -0.3 is 4.74 Å². The van der Waals surface area contributed by atoms with Crippen LogP contribution in [-0.4, -0.2) is 29.4 Å². The Kier molecular flexibility index (Phi) is 4.77. The maximum absolute atomic E-state index is 10.9. The monoisotopic (exact) mass is 319 g/mol. The van der Waals surface area contributed by atoms with Gasteiger partial charge in [-0.2, -0.15) is 5.10 Å². The van der Waals surface area contributed by atoms with E-state index in [4.69, 9.17) is 4.74 Å². The molecular weight excluding hydrogens is 298 g/mol. The Morgan fingerprint density at radius 2 is 2.18 bits per heavy atom. The van der Waals surface area contributed by atoms with Crippen molar-refractivity contribution >= 4 is 30.7 Å². The smallest absolute Gasteiger partial charge is 0.271 e. The van der Waals surface area contributed by atoms with Crippen molar-refractivity contribution in [1.82, 2.24) is 9.78 Å². The quantitative estimate of drug-likeness (QED) is 0.336. The van der Waals surface area contributed by atoms with Gasteiger partial charge in [0, 0.05) is 32.2 Å². The zero-order chi connectivity index (χ0) is 16.3. The number of nitro benzene ring substituents is 1. The lowest BCUT2D eigenvalue weighted by molar-refractivity contribution is -0.384. The molecule has 0 bridgehead atoms. The van der Waals surface area contributed by atoms with E-state index in [1.54, 1.807) is 16.8 Å². The Hall–Kier alpha value is -1.99. The van der Waals surface area contributed by atoms with E-state index in [1.807, 2.05) is 0 Å². The molecule has 0 saturated carbocycles. The number of fused-ring (bicyclic) bond motifs is 1. The molecule has 0 saturated heterocycles.